The number of nitrogens with one attached hydrogen (secondary N) is 1. The van der Waals surface area contributed by atoms with Gasteiger partial charge in [-0.25, -0.2) is 14.8 Å². The molecule has 1 fully saturated rings. The van der Waals surface area contributed by atoms with Crippen LogP contribution in [0.3, 0.4) is 0 Å². The van der Waals surface area contributed by atoms with Crippen molar-refractivity contribution in [3.63, 3.8) is 0 Å². The molecule has 0 unspecified atom stereocenters. The van der Waals surface area contributed by atoms with E-state index in [1.54, 1.807) is 23.4 Å². The Labute approximate surface area is 153 Å². The van der Waals surface area contributed by atoms with E-state index in [4.69, 9.17) is 5.26 Å². The molecular formula is C19H22N6O. The molecule has 1 saturated heterocycles. The first kappa shape index (κ1) is 17.7. The zero-order valence-electron chi connectivity index (χ0n) is 15.0. The van der Waals surface area contributed by atoms with Crippen molar-refractivity contribution >= 4 is 17.7 Å². The highest BCUT2D eigenvalue weighted by Crippen LogP contribution is 2.16. The van der Waals surface area contributed by atoms with E-state index in [9.17, 15) is 4.79 Å². The molecule has 3 rings (SSSR count). The number of amides is 2. The van der Waals surface area contributed by atoms with Crippen LogP contribution in [0.15, 0.2) is 36.7 Å². The van der Waals surface area contributed by atoms with Crippen LogP contribution in [-0.2, 0) is 0 Å². The number of carbonyl (C=O) groups excluding carboxylic acids is 1. The summed E-state index contributed by atoms with van der Waals surface area (Å²) in [6.07, 6.45) is 3.37. The molecule has 0 radical (unpaired) electrons. The zero-order valence-corrected chi connectivity index (χ0v) is 15.0. The number of nitrogens with zero attached hydrogens (tertiary/aromatic N) is 5. The van der Waals surface area contributed by atoms with Crippen LogP contribution in [0.5, 0.6) is 0 Å². The maximum absolute atomic E-state index is 12.4. The number of aromatic nitrogens is 2. The second kappa shape index (κ2) is 7.83. The molecule has 2 amide bonds. The van der Waals surface area contributed by atoms with E-state index in [0.717, 1.165) is 11.4 Å². The average molecular weight is 350 g/mol. The van der Waals surface area contributed by atoms with Crippen LogP contribution in [0.2, 0.25) is 0 Å². The molecule has 26 heavy (non-hydrogen) atoms. The molecular weight excluding hydrogens is 328 g/mol. The van der Waals surface area contributed by atoms with Crippen molar-refractivity contribution in [1.82, 2.24) is 14.9 Å². The number of rotatable bonds is 3. The molecule has 0 aliphatic carbocycles. The van der Waals surface area contributed by atoms with Gasteiger partial charge in [-0.3, -0.25) is 5.32 Å². The lowest BCUT2D eigenvalue weighted by molar-refractivity contribution is 0.208. The molecule has 7 nitrogen and oxygen atoms in total. The van der Waals surface area contributed by atoms with E-state index in [1.807, 2.05) is 18.2 Å². The molecule has 2 aromatic heterocycles. The monoisotopic (exact) mass is 350 g/mol. The van der Waals surface area contributed by atoms with E-state index < -0.39 is 0 Å². The van der Waals surface area contributed by atoms with E-state index in [0.29, 0.717) is 43.5 Å². The van der Waals surface area contributed by atoms with Crippen molar-refractivity contribution < 1.29 is 4.79 Å². The number of nitriles is 1. The molecule has 0 saturated carbocycles. The van der Waals surface area contributed by atoms with Crippen LogP contribution in [-0.4, -0.2) is 47.1 Å². The Balaban J connectivity index is 1.53. The molecule has 1 N–H and O–H groups in total. The lowest BCUT2D eigenvalue weighted by Crippen LogP contribution is -2.50. The Morgan fingerprint density at radius 1 is 1.12 bits per heavy atom. The van der Waals surface area contributed by atoms with Crippen molar-refractivity contribution in [1.29, 1.82) is 5.26 Å². The third-order valence-corrected chi connectivity index (χ3v) is 4.46. The second-order valence-corrected chi connectivity index (χ2v) is 6.55. The molecule has 7 heteroatoms. The lowest BCUT2D eigenvalue weighted by atomic mass is 10.1. The number of carbonyl (C=O) groups is 1. The summed E-state index contributed by atoms with van der Waals surface area (Å²) in [7, 11) is 0. The van der Waals surface area contributed by atoms with Gasteiger partial charge in [0.25, 0.3) is 0 Å². The number of pyridine rings is 2. The van der Waals surface area contributed by atoms with Gasteiger partial charge in [0, 0.05) is 38.6 Å². The molecule has 1 aliphatic rings. The molecule has 0 aromatic carbocycles. The van der Waals surface area contributed by atoms with Crippen molar-refractivity contribution in [3.8, 4) is 6.07 Å². The zero-order chi connectivity index (χ0) is 18.5. The predicted octanol–water partition coefficient (Wildman–Crippen LogP) is 2.83. The van der Waals surface area contributed by atoms with Gasteiger partial charge in [-0.05, 0) is 29.7 Å². The van der Waals surface area contributed by atoms with E-state index in [1.165, 1.54) is 0 Å². The summed E-state index contributed by atoms with van der Waals surface area (Å²) in [6, 6.07) is 9.35. The highest BCUT2D eigenvalue weighted by Gasteiger charge is 2.22. The number of hydrogen-bond acceptors (Lipinski definition) is 5. The van der Waals surface area contributed by atoms with Crippen LogP contribution in [0.4, 0.5) is 16.4 Å². The van der Waals surface area contributed by atoms with E-state index >= 15 is 0 Å². The van der Waals surface area contributed by atoms with Crippen molar-refractivity contribution in [3.05, 3.63) is 47.8 Å². The van der Waals surface area contributed by atoms with Gasteiger partial charge in [0.2, 0.25) is 0 Å². The van der Waals surface area contributed by atoms with E-state index in [-0.39, 0.29) is 6.03 Å². The fraction of sp³-hybridized carbons (Fsp3) is 0.368. The van der Waals surface area contributed by atoms with Gasteiger partial charge in [-0.1, -0.05) is 19.9 Å². The molecule has 0 spiro atoms. The number of anilines is 2. The summed E-state index contributed by atoms with van der Waals surface area (Å²) in [5, 5.41) is 11.7. The summed E-state index contributed by atoms with van der Waals surface area (Å²) in [5.41, 5.74) is 1.69. The fourth-order valence-electron chi connectivity index (χ4n) is 2.79. The predicted molar refractivity (Wildman–Crippen MR) is 100 cm³/mol. The number of urea groups is 1. The highest BCUT2D eigenvalue weighted by atomic mass is 16.2. The minimum atomic E-state index is -0.137. The highest BCUT2D eigenvalue weighted by molar-refractivity contribution is 5.88. The Morgan fingerprint density at radius 3 is 2.42 bits per heavy atom. The molecule has 3 heterocycles. The number of piperazine rings is 1. The first-order valence-electron chi connectivity index (χ1n) is 8.70. The van der Waals surface area contributed by atoms with Gasteiger partial charge in [0.15, 0.2) is 0 Å². The van der Waals surface area contributed by atoms with E-state index in [2.05, 4.69) is 40.1 Å². The average Bonchev–Trinajstić information content (AvgIpc) is 2.68. The summed E-state index contributed by atoms with van der Waals surface area (Å²) >= 11 is 0. The third kappa shape index (κ3) is 4.09. The summed E-state index contributed by atoms with van der Waals surface area (Å²) in [4.78, 5) is 24.9. The minimum Gasteiger partial charge on any atom is -0.353 e. The Bertz CT molecular complexity index is 786. The minimum absolute atomic E-state index is 0.137. The normalized spacial score (nSPS) is 14.2. The standard InChI is InChI=1S/C19H22N6O/c1-14(2)16-4-5-17(21-13-16)23-19(26)25-9-7-24(8-10-25)18-6-3-15(11-20)12-22-18/h3-6,12-14H,7-10H2,1-2H3,(H,21,23,26). The van der Waals surface area contributed by atoms with Crippen LogP contribution < -0.4 is 10.2 Å². The van der Waals surface area contributed by atoms with Crippen molar-refractivity contribution in [2.24, 2.45) is 0 Å². The van der Waals surface area contributed by atoms with Gasteiger partial charge in [0.05, 0.1) is 5.56 Å². The Kier molecular flexibility index (Phi) is 5.32. The quantitative estimate of drug-likeness (QED) is 0.920. The Hall–Kier alpha value is -3.14. The van der Waals surface area contributed by atoms with Crippen molar-refractivity contribution in [2.45, 2.75) is 19.8 Å². The van der Waals surface area contributed by atoms with Crippen LogP contribution >= 0.6 is 0 Å². The third-order valence-electron chi connectivity index (χ3n) is 4.46. The topological polar surface area (TPSA) is 85.2 Å². The van der Waals surface area contributed by atoms with Crippen LogP contribution in [0, 0.1) is 11.3 Å². The Morgan fingerprint density at radius 2 is 1.88 bits per heavy atom. The van der Waals surface area contributed by atoms with Gasteiger partial charge in [0.1, 0.15) is 17.7 Å². The first-order chi connectivity index (χ1) is 12.6. The smallest absolute Gasteiger partial charge is 0.323 e. The molecule has 0 atom stereocenters. The molecule has 0 bridgehead atoms. The summed E-state index contributed by atoms with van der Waals surface area (Å²) in [6.45, 7) is 6.84. The van der Waals surface area contributed by atoms with Gasteiger partial charge < -0.3 is 9.80 Å². The number of hydrogen-bond donors (Lipinski definition) is 1. The summed E-state index contributed by atoms with van der Waals surface area (Å²) < 4.78 is 0. The maximum atomic E-state index is 12.4. The van der Waals surface area contributed by atoms with Gasteiger partial charge in [-0.15, -0.1) is 0 Å². The van der Waals surface area contributed by atoms with Gasteiger partial charge in [-0.2, -0.15) is 5.26 Å². The molecule has 134 valence electrons. The molecule has 2 aromatic rings. The van der Waals surface area contributed by atoms with Crippen molar-refractivity contribution in [2.75, 3.05) is 36.4 Å². The van der Waals surface area contributed by atoms with Crippen LogP contribution in [0.25, 0.3) is 0 Å². The lowest BCUT2D eigenvalue weighted by Gasteiger charge is -2.35. The summed E-state index contributed by atoms with van der Waals surface area (Å²) in [5.74, 6) is 1.81. The SMILES string of the molecule is CC(C)c1ccc(NC(=O)N2CCN(c3ccc(C#N)cn3)CC2)nc1. The first-order valence-corrected chi connectivity index (χ1v) is 8.70. The molecule has 1 aliphatic heterocycles. The maximum Gasteiger partial charge on any atom is 0.323 e. The fourth-order valence-corrected chi connectivity index (χ4v) is 2.79. The van der Waals surface area contributed by atoms with Gasteiger partial charge >= 0.3 is 6.03 Å². The van der Waals surface area contributed by atoms with Crippen LogP contribution in [0.1, 0.15) is 30.9 Å². The largest absolute Gasteiger partial charge is 0.353 e. The second-order valence-electron chi connectivity index (χ2n) is 6.55.